The molecule has 2 rings (SSSR count). The van der Waals surface area contributed by atoms with Crippen molar-refractivity contribution in [2.75, 3.05) is 5.32 Å². The van der Waals surface area contributed by atoms with Gasteiger partial charge in [-0.1, -0.05) is 18.2 Å². The number of furan rings is 1. The first-order chi connectivity index (χ1) is 10.6. The van der Waals surface area contributed by atoms with Gasteiger partial charge >= 0.3 is 0 Å². The second-order valence-electron chi connectivity index (χ2n) is 4.60. The fraction of sp³-hybridized carbons (Fsp3) is 0.118. The van der Waals surface area contributed by atoms with E-state index in [2.05, 4.69) is 5.32 Å². The highest BCUT2D eigenvalue weighted by Gasteiger charge is 2.24. The number of nitrogens with one attached hydrogen (secondary N) is 1. The van der Waals surface area contributed by atoms with E-state index in [1.165, 1.54) is 12.2 Å². The minimum atomic E-state index is -1.40. The lowest BCUT2D eigenvalue weighted by atomic mass is 10.0. The molecule has 0 fully saturated rings. The minimum absolute atomic E-state index is 0.492. The number of hydrogen-bond acceptors (Lipinski definition) is 4. The lowest BCUT2D eigenvalue weighted by Crippen LogP contribution is -2.27. The molecule has 0 saturated heterocycles. The van der Waals surface area contributed by atoms with Crippen LogP contribution >= 0.6 is 0 Å². The molecular formula is C17H14N2O3. The summed E-state index contributed by atoms with van der Waals surface area (Å²) in [6.07, 6.45) is 2.62. The van der Waals surface area contributed by atoms with Crippen molar-refractivity contribution in [1.29, 1.82) is 5.26 Å². The van der Waals surface area contributed by atoms with Crippen LogP contribution in [-0.4, -0.2) is 11.7 Å². The molecule has 5 heteroatoms. The SMILES string of the molecule is Cc1ccc(/C=C\C(=O)[C@H](C#N)C(=O)Nc2ccccc2)o1. The Morgan fingerprint density at radius 1 is 1.23 bits per heavy atom. The van der Waals surface area contributed by atoms with Crippen LogP contribution in [-0.2, 0) is 9.59 Å². The van der Waals surface area contributed by atoms with Crippen LogP contribution < -0.4 is 5.32 Å². The summed E-state index contributed by atoms with van der Waals surface area (Å²) in [7, 11) is 0. The molecule has 110 valence electrons. The van der Waals surface area contributed by atoms with E-state index in [0.717, 1.165) is 0 Å². The van der Waals surface area contributed by atoms with Crippen molar-refractivity contribution < 1.29 is 14.0 Å². The Balaban J connectivity index is 2.04. The van der Waals surface area contributed by atoms with Crippen LogP contribution in [0.3, 0.4) is 0 Å². The molecule has 22 heavy (non-hydrogen) atoms. The molecular weight excluding hydrogens is 280 g/mol. The monoisotopic (exact) mass is 294 g/mol. The molecule has 0 spiro atoms. The summed E-state index contributed by atoms with van der Waals surface area (Å²) in [6.45, 7) is 1.78. The summed E-state index contributed by atoms with van der Waals surface area (Å²) in [6, 6.07) is 13.8. The molecule has 0 saturated carbocycles. The highest BCUT2D eigenvalue weighted by molar-refractivity contribution is 6.14. The smallest absolute Gasteiger partial charge is 0.249 e. The Bertz CT molecular complexity index is 739. The summed E-state index contributed by atoms with van der Waals surface area (Å²) in [5, 5.41) is 11.6. The van der Waals surface area contributed by atoms with Gasteiger partial charge in [0.25, 0.3) is 0 Å². The highest BCUT2D eigenvalue weighted by Crippen LogP contribution is 2.11. The number of nitrogens with zero attached hydrogens (tertiary/aromatic N) is 1. The summed E-state index contributed by atoms with van der Waals surface area (Å²) in [5.41, 5.74) is 0.534. The van der Waals surface area contributed by atoms with E-state index < -0.39 is 17.6 Å². The van der Waals surface area contributed by atoms with Crippen LogP contribution in [0.2, 0.25) is 0 Å². The molecule has 0 aliphatic heterocycles. The average Bonchev–Trinajstić information content (AvgIpc) is 2.92. The van der Waals surface area contributed by atoms with Crippen molar-refractivity contribution in [3.05, 3.63) is 60.1 Å². The average molecular weight is 294 g/mol. The predicted octanol–water partition coefficient (Wildman–Crippen LogP) is 2.95. The molecule has 1 aromatic carbocycles. The normalized spacial score (nSPS) is 11.8. The number of hydrogen-bond donors (Lipinski definition) is 1. The number of benzene rings is 1. The number of anilines is 1. The van der Waals surface area contributed by atoms with Crippen LogP contribution in [0.4, 0.5) is 5.69 Å². The Morgan fingerprint density at radius 3 is 2.55 bits per heavy atom. The van der Waals surface area contributed by atoms with Gasteiger partial charge in [0.2, 0.25) is 5.91 Å². The van der Waals surface area contributed by atoms with Gasteiger partial charge < -0.3 is 9.73 Å². The third kappa shape index (κ3) is 3.93. The van der Waals surface area contributed by atoms with E-state index in [4.69, 9.17) is 9.68 Å². The molecule has 1 atom stereocenters. The van der Waals surface area contributed by atoms with E-state index in [1.54, 1.807) is 55.5 Å². The Kier molecular flexibility index (Phi) is 4.89. The first-order valence-corrected chi connectivity index (χ1v) is 6.64. The zero-order valence-electron chi connectivity index (χ0n) is 11.9. The van der Waals surface area contributed by atoms with Crippen LogP contribution in [0.15, 0.2) is 53.0 Å². The third-order valence-electron chi connectivity index (χ3n) is 2.89. The Labute approximate surface area is 127 Å². The van der Waals surface area contributed by atoms with E-state index in [1.807, 2.05) is 0 Å². The number of allylic oxidation sites excluding steroid dienone is 1. The predicted molar refractivity (Wildman–Crippen MR) is 81.7 cm³/mol. The van der Waals surface area contributed by atoms with E-state index in [9.17, 15) is 9.59 Å². The molecule has 1 N–H and O–H groups in total. The van der Waals surface area contributed by atoms with E-state index >= 15 is 0 Å². The second-order valence-corrected chi connectivity index (χ2v) is 4.60. The topological polar surface area (TPSA) is 83.1 Å². The number of para-hydroxylation sites is 1. The number of amides is 1. The van der Waals surface area contributed by atoms with E-state index in [0.29, 0.717) is 17.2 Å². The molecule has 0 bridgehead atoms. The van der Waals surface area contributed by atoms with Gasteiger partial charge in [-0.15, -0.1) is 0 Å². The van der Waals surface area contributed by atoms with Crippen molar-refractivity contribution in [2.45, 2.75) is 6.92 Å². The largest absolute Gasteiger partial charge is 0.462 e. The molecule has 1 amide bonds. The summed E-state index contributed by atoms with van der Waals surface area (Å²) < 4.78 is 5.28. The zero-order valence-corrected chi connectivity index (χ0v) is 11.9. The number of nitriles is 1. The maximum absolute atomic E-state index is 12.0. The maximum Gasteiger partial charge on any atom is 0.249 e. The minimum Gasteiger partial charge on any atom is -0.462 e. The third-order valence-corrected chi connectivity index (χ3v) is 2.89. The lowest BCUT2D eigenvalue weighted by molar-refractivity contribution is -0.126. The first kappa shape index (κ1) is 15.3. The number of rotatable bonds is 5. The molecule has 1 aromatic heterocycles. The molecule has 1 heterocycles. The quantitative estimate of drug-likeness (QED) is 0.679. The van der Waals surface area contributed by atoms with Gasteiger partial charge in [-0.2, -0.15) is 5.26 Å². The summed E-state index contributed by atoms with van der Waals surface area (Å²) in [4.78, 5) is 24.0. The summed E-state index contributed by atoms with van der Waals surface area (Å²) in [5.74, 6) is -1.44. The first-order valence-electron chi connectivity index (χ1n) is 6.64. The lowest BCUT2D eigenvalue weighted by Gasteiger charge is -2.07. The van der Waals surface area contributed by atoms with Crippen LogP contribution in [0, 0.1) is 24.2 Å². The van der Waals surface area contributed by atoms with Crippen LogP contribution in [0.25, 0.3) is 6.08 Å². The van der Waals surface area contributed by atoms with Gasteiger partial charge in [0.05, 0.1) is 6.07 Å². The van der Waals surface area contributed by atoms with Crippen LogP contribution in [0.1, 0.15) is 11.5 Å². The molecule has 0 radical (unpaired) electrons. The summed E-state index contributed by atoms with van der Waals surface area (Å²) >= 11 is 0. The van der Waals surface area contributed by atoms with Gasteiger partial charge in [-0.3, -0.25) is 9.59 Å². The fourth-order valence-electron chi connectivity index (χ4n) is 1.79. The van der Waals surface area contributed by atoms with Gasteiger partial charge in [-0.25, -0.2) is 0 Å². The number of carbonyl (C=O) groups excluding carboxylic acids is 2. The van der Waals surface area contributed by atoms with Crippen molar-refractivity contribution >= 4 is 23.5 Å². The van der Waals surface area contributed by atoms with Crippen molar-refractivity contribution in [1.82, 2.24) is 0 Å². The van der Waals surface area contributed by atoms with Crippen molar-refractivity contribution in [3.63, 3.8) is 0 Å². The van der Waals surface area contributed by atoms with Gasteiger partial charge in [0.1, 0.15) is 11.5 Å². The molecule has 0 aliphatic rings. The Morgan fingerprint density at radius 2 is 1.95 bits per heavy atom. The number of aryl methyl sites for hydroxylation is 1. The molecule has 2 aromatic rings. The molecule has 0 unspecified atom stereocenters. The van der Waals surface area contributed by atoms with E-state index in [-0.39, 0.29) is 0 Å². The number of ketones is 1. The van der Waals surface area contributed by atoms with Crippen molar-refractivity contribution in [2.24, 2.45) is 5.92 Å². The Hall–Kier alpha value is -3.13. The van der Waals surface area contributed by atoms with Gasteiger partial charge in [0.15, 0.2) is 11.7 Å². The molecule has 5 nitrogen and oxygen atoms in total. The zero-order chi connectivity index (χ0) is 15.9. The van der Waals surface area contributed by atoms with Gasteiger partial charge in [0, 0.05) is 5.69 Å². The molecule has 0 aliphatic carbocycles. The second kappa shape index (κ2) is 7.04. The van der Waals surface area contributed by atoms with Crippen LogP contribution in [0.5, 0.6) is 0 Å². The fourth-order valence-corrected chi connectivity index (χ4v) is 1.79. The maximum atomic E-state index is 12.0. The highest BCUT2D eigenvalue weighted by atomic mass is 16.3. The van der Waals surface area contributed by atoms with Gasteiger partial charge in [-0.05, 0) is 43.3 Å². The number of carbonyl (C=O) groups is 2. The standard InChI is InChI=1S/C17H14N2O3/c1-12-7-8-14(22-12)9-10-16(20)15(11-18)17(21)19-13-5-3-2-4-6-13/h2-10,15H,1H3,(H,19,21)/b10-9-/t15-/m0/s1. The van der Waals surface area contributed by atoms with Crippen molar-refractivity contribution in [3.8, 4) is 6.07 Å².